The topological polar surface area (TPSA) is 56.5 Å². The van der Waals surface area contributed by atoms with Gasteiger partial charge in [0.2, 0.25) is 5.16 Å². The lowest BCUT2D eigenvalue weighted by Crippen LogP contribution is -2.04. The number of tetrazole rings is 1. The molecule has 0 radical (unpaired) electrons. The molecule has 0 saturated carbocycles. The highest BCUT2D eigenvalue weighted by atomic mass is 32.2. The Bertz CT molecular complexity index is 799. The maximum Gasteiger partial charge on any atom is 0.416 e. The number of hydrogen-bond donors (Lipinski definition) is 0. The Morgan fingerprint density at radius 1 is 1.19 bits per heavy atom. The van der Waals surface area contributed by atoms with Crippen LogP contribution in [0.25, 0.3) is 10.9 Å². The third-order valence-corrected chi connectivity index (χ3v) is 3.92. The van der Waals surface area contributed by atoms with Crippen molar-refractivity contribution in [2.45, 2.75) is 16.2 Å². The molecule has 108 valence electrons. The van der Waals surface area contributed by atoms with Crippen molar-refractivity contribution in [2.75, 3.05) is 0 Å². The van der Waals surface area contributed by atoms with Crippen LogP contribution in [0.3, 0.4) is 0 Å². The van der Waals surface area contributed by atoms with E-state index < -0.39 is 11.7 Å². The SMILES string of the molecule is Cn1nnnc1Sc1ccnc2cc(C(F)(F)F)ccc12. The number of alkyl halides is 3. The number of pyridine rings is 1. The minimum atomic E-state index is -4.38. The molecule has 0 aliphatic heterocycles. The van der Waals surface area contributed by atoms with Crippen molar-refractivity contribution in [1.82, 2.24) is 25.2 Å². The zero-order valence-electron chi connectivity index (χ0n) is 10.7. The van der Waals surface area contributed by atoms with E-state index in [1.165, 1.54) is 28.7 Å². The molecule has 0 N–H and O–H groups in total. The number of halogens is 3. The molecule has 0 atom stereocenters. The molecule has 5 nitrogen and oxygen atoms in total. The van der Waals surface area contributed by atoms with Gasteiger partial charge in [-0.05, 0) is 40.4 Å². The zero-order valence-corrected chi connectivity index (χ0v) is 11.5. The largest absolute Gasteiger partial charge is 0.416 e. The van der Waals surface area contributed by atoms with E-state index in [4.69, 9.17) is 0 Å². The van der Waals surface area contributed by atoms with Crippen molar-refractivity contribution in [2.24, 2.45) is 7.05 Å². The zero-order chi connectivity index (χ0) is 15.0. The Kier molecular flexibility index (Phi) is 3.28. The van der Waals surface area contributed by atoms with E-state index in [1.807, 2.05) is 0 Å². The first-order valence-electron chi connectivity index (χ1n) is 5.81. The minimum absolute atomic E-state index is 0.282. The Morgan fingerprint density at radius 3 is 2.67 bits per heavy atom. The van der Waals surface area contributed by atoms with Crippen LogP contribution in [0.1, 0.15) is 5.56 Å². The Hall–Kier alpha value is -2.16. The summed E-state index contributed by atoms with van der Waals surface area (Å²) in [6.07, 6.45) is -2.92. The maximum atomic E-state index is 12.7. The number of aryl methyl sites for hydroxylation is 1. The van der Waals surface area contributed by atoms with E-state index in [2.05, 4.69) is 20.5 Å². The fourth-order valence-electron chi connectivity index (χ4n) is 1.79. The summed E-state index contributed by atoms with van der Waals surface area (Å²) in [6.45, 7) is 0. The maximum absolute atomic E-state index is 12.7. The predicted octanol–water partition coefficient (Wildman–Crippen LogP) is 2.93. The van der Waals surface area contributed by atoms with Gasteiger partial charge in [0.05, 0.1) is 11.1 Å². The fraction of sp³-hybridized carbons (Fsp3) is 0.167. The second-order valence-corrected chi connectivity index (χ2v) is 5.24. The summed E-state index contributed by atoms with van der Waals surface area (Å²) in [6, 6.07) is 5.21. The lowest BCUT2D eigenvalue weighted by atomic mass is 10.1. The highest BCUT2D eigenvalue weighted by Gasteiger charge is 2.30. The number of rotatable bonds is 2. The van der Waals surface area contributed by atoms with Crippen molar-refractivity contribution in [3.8, 4) is 0 Å². The van der Waals surface area contributed by atoms with Crippen LogP contribution >= 0.6 is 11.8 Å². The molecule has 2 aromatic heterocycles. The molecule has 0 amide bonds. The molecule has 1 aromatic carbocycles. The van der Waals surface area contributed by atoms with Gasteiger partial charge in [-0.3, -0.25) is 4.98 Å². The van der Waals surface area contributed by atoms with Crippen LogP contribution < -0.4 is 0 Å². The first-order chi connectivity index (χ1) is 9.95. The molecule has 3 rings (SSSR count). The number of hydrogen-bond acceptors (Lipinski definition) is 5. The van der Waals surface area contributed by atoms with Crippen LogP contribution in [0.5, 0.6) is 0 Å². The average molecular weight is 311 g/mol. The van der Waals surface area contributed by atoms with Gasteiger partial charge in [-0.15, -0.1) is 5.10 Å². The summed E-state index contributed by atoms with van der Waals surface area (Å²) in [5, 5.41) is 12.2. The quantitative estimate of drug-likeness (QED) is 0.728. The third kappa shape index (κ3) is 2.68. The van der Waals surface area contributed by atoms with Crippen LogP contribution in [0.4, 0.5) is 13.2 Å². The number of aromatic nitrogens is 5. The molecule has 9 heteroatoms. The van der Waals surface area contributed by atoms with Gasteiger partial charge >= 0.3 is 6.18 Å². The number of benzene rings is 1. The van der Waals surface area contributed by atoms with Gasteiger partial charge in [-0.25, -0.2) is 4.68 Å². The Labute approximate surface area is 121 Å². The van der Waals surface area contributed by atoms with Crippen molar-refractivity contribution in [3.63, 3.8) is 0 Å². The van der Waals surface area contributed by atoms with Crippen LogP contribution in [0.2, 0.25) is 0 Å². The van der Waals surface area contributed by atoms with Crippen molar-refractivity contribution >= 4 is 22.7 Å². The molecule has 21 heavy (non-hydrogen) atoms. The smallest absolute Gasteiger partial charge is 0.256 e. The van der Waals surface area contributed by atoms with E-state index in [-0.39, 0.29) is 5.52 Å². The van der Waals surface area contributed by atoms with Gasteiger partial charge in [0.1, 0.15) is 0 Å². The lowest BCUT2D eigenvalue weighted by molar-refractivity contribution is -0.137. The summed E-state index contributed by atoms with van der Waals surface area (Å²) in [5.74, 6) is 0. The van der Waals surface area contributed by atoms with E-state index >= 15 is 0 Å². The molecular formula is C12H8F3N5S. The number of fused-ring (bicyclic) bond motifs is 1. The van der Waals surface area contributed by atoms with E-state index in [1.54, 1.807) is 13.1 Å². The summed E-state index contributed by atoms with van der Waals surface area (Å²) in [5.41, 5.74) is -0.435. The molecule has 0 saturated heterocycles. The van der Waals surface area contributed by atoms with Gasteiger partial charge in [-0.1, -0.05) is 6.07 Å². The Balaban J connectivity index is 2.07. The molecule has 0 aliphatic rings. The summed E-state index contributed by atoms with van der Waals surface area (Å²) < 4.78 is 39.6. The molecule has 0 fully saturated rings. The Morgan fingerprint density at radius 2 is 2.00 bits per heavy atom. The van der Waals surface area contributed by atoms with Gasteiger partial charge in [-0.2, -0.15) is 13.2 Å². The molecular weight excluding hydrogens is 303 g/mol. The average Bonchev–Trinajstić information content (AvgIpc) is 2.83. The van der Waals surface area contributed by atoms with Gasteiger partial charge in [0, 0.05) is 23.5 Å². The van der Waals surface area contributed by atoms with Crippen molar-refractivity contribution in [3.05, 3.63) is 36.0 Å². The summed E-state index contributed by atoms with van der Waals surface area (Å²) in [4.78, 5) is 4.74. The van der Waals surface area contributed by atoms with Gasteiger partial charge in [0.15, 0.2) is 0 Å². The standard InChI is InChI=1S/C12H8F3N5S/c1-20-11(17-18-19-20)21-10-4-5-16-9-6-7(12(13,14)15)2-3-8(9)10/h2-6H,1H3. The molecule has 0 aliphatic carbocycles. The normalized spacial score (nSPS) is 12.0. The van der Waals surface area contributed by atoms with E-state index in [9.17, 15) is 13.2 Å². The second kappa shape index (κ2) is 4.99. The predicted molar refractivity (Wildman–Crippen MR) is 69.7 cm³/mol. The van der Waals surface area contributed by atoms with E-state index in [0.717, 1.165) is 17.0 Å². The number of nitrogens with zero attached hydrogens (tertiary/aromatic N) is 5. The summed E-state index contributed by atoms with van der Waals surface area (Å²) >= 11 is 1.27. The van der Waals surface area contributed by atoms with Gasteiger partial charge in [0.25, 0.3) is 0 Å². The minimum Gasteiger partial charge on any atom is -0.256 e. The molecule has 3 aromatic rings. The first kappa shape index (κ1) is 13.8. The van der Waals surface area contributed by atoms with Crippen LogP contribution in [-0.4, -0.2) is 25.2 Å². The van der Waals surface area contributed by atoms with Gasteiger partial charge < -0.3 is 0 Å². The van der Waals surface area contributed by atoms with Crippen LogP contribution in [0.15, 0.2) is 40.5 Å². The molecule has 0 bridgehead atoms. The monoisotopic (exact) mass is 311 g/mol. The molecule has 0 spiro atoms. The van der Waals surface area contributed by atoms with Crippen molar-refractivity contribution < 1.29 is 13.2 Å². The van der Waals surface area contributed by atoms with Crippen LogP contribution in [-0.2, 0) is 13.2 Å². The third-order valence-electron chi connectivity index (χ3n) is 2.81. The second-order valence-electron chi connectivity index (χ2n) is 4.23. The first-order valence-corrected chi connectivity index (χ1v) is 6.63. The highest BCUT2D eigenvalue weighted by Crippen LogP contribution is 2.35. The molecule has 0 unspecified atom stereocenters. The van der Waals surface area contributed by atoms with Crippen LogP contribution in [0, 0.1) is 0 Å². The fourth-order valence-corrected chi connectivity index (χ4v) is 2.65. The lowest BCUT2D eigenvalue weighted by Gasteiger charge is -2.09. The van der Waals surface area contributed by atoms with Crippen molar-refractivity contribution in [1.29, 1.82) is 0 Å². The highest BCUT2D eigenvalue weighted by molar-refractivity contribution is 7.99. The molecule has 2 heterocycles. The van der Waals surface area contributed by atoms with E-state index in [0.29, 0.717) is 10.5 Å². The summed E-state index contributed by atoms with van der Waals surface area (Å²) in [7, 11) is 1.69.